The highest BCUT2D eigenvalue weighted by Crippen LogP contribution is 2.18. The molecule has 0 spiro atoms. The number of hydrogen-bond acceptors (Lipinski definition) is 5. The maximum atomic E-state index is 11.8. The summed E-state index contributed by atoms with van der Waals surface area (Å²) in [7, 11) is 1.62. The Kier molecular flexibility index (Phi) is 3.53. The highest BCUT2D eigenvalue weighted by atomic mass is 32.1. The molecule has 3 aromatic rings. The van der Waals surface area contributed by atoms with Gasteiger partial charge in [0.1, 0.15) is 0 Å². The van der Waals surface area contributed by atoms with Gasteiger partial charge in [0.2, 0.25) is 0 Å². The van der Waals surface area contributed by atoms with Gasteiger partial charge in [0, 0.05) is 24.9 Å². The Morgan fingerprint density at radius 1 is 1.05 bits per heavy atom. The molecular formula is C15H12N4OS. The molecule has 21 heavy (non-hydrogen) atoms. The van der Waals surface area contributed by atoms with Crippen molar-refractivity contribution in [3.63, 3.8) is 0 Å². The van der Waals surface area contributed by atoms with Crippen molar-refractivity contribution < 1.29 is 0 Å². The third kappa shape index (κ3) is 2.71. The summed E-state index contributed by atoms with van der Waals surface area (Å²) in [4.78, 5) is 24.8. The molecule has 2 heterocycles. The summed E-state index contributed by atoms with van der Waals surface area (Å²) in [6, 6.07) is 12.8. The fraction of sp³-hybridized carbons (Fsp3) is 0.0667. The number of aromatic nitrogens is 4. The molecule has 0 atom stereocenters. The van der Waals surface area contributed by atoms with Crippen molar-refractivity contribution in [2.75, 3.05) is 0 Å². The van der Waals surface area contributed by atoms with Crippen LogP contribution in [0.15, 0.2) is 58.6 Å². The molecular weight excluding hydrogens is 284 g/mol. The monoisotopic (exact) mass is 296 g/mol. The molecule has 3 rings (SSSR count). The average molecular weight is 296 g/mol. The number of benzene rings is 1. The standard InChI is InChI=1S/C15H12N4OS/c1-19-13(20)9-12(18-15(19)21)11-7-8-16-14(17-11)10-5-3-2-4-6-10/h2-9H,1H3,(H,18,21). The van der Waals surface area contributed by atoms with Gasteiger partial charge in [-0.15, -0.1) is 12.6 Å². The molecule has 0 amide bonds. The van der Waals surface area contributed by atoms with E-state index in [0.717, 1.165) is 5.56 Å². The Bertz CT molecular complexity index is 846. The van der Waals surface area contributed by atoms with E-state index >= 15 is 0 Å². The lowest BCUT2D eigenvalue weighted by Gasteiger charge is -2.06. The van der Waals surface area contributed by atoms with Crippen molar-refractivity contribution in [2.24, 2.45) is 7.05 Å². The van der Waals surface area contributed by atoms with Crippen LogP contribution in [0.4, 0.5) is 0 Å². The first-order chi connectivity index (χ1) is 10.1. The van der Waals surface area contributed by atoms with Gasteiger partial charge >= 0.3 is 0 Å². The second-order valence-electron chi connectivity index (χ2n) is 4.47. The molecule has 2 aromatic heterocycles. The van der Waals surface area contributed by atoms with Crippen LogP contribution in [-0.2, 0) is 7.05 Å². The lowest BCUT2D eigenvalue weighted by Crippen LogP contribution is -2.18. The molecule has 0 aliphatic heterocycles. The topological polar surface area (TPSA) is 60.7 Å². The van der Waals surface area contributed by atoms with Crippen LogP contribution in [0, 0.1) is 0 Å². The van der Waals surface area contributed by atoms with Crippen molar-refractivity contribution >= 4 is 12.6 Å². The molecule has 0 aliphatic carbocycles. The molecule has 0 bridgehead atoms. The number of thiol groups is 1. The van der Waals surface area contributed by atoms with E-state index in [1.165, 1.54) is 10.6 Å². The van der Waals surface area contributed by atoms with Crippen LogP contribution < -0.4 is 5.56 Å². The van der Waals surface area contributed by atoms with E-state index < -0.39 is 0 Å². The van der Waals surface area contributed by atoms with Crippen molar-refractivity contribution in [2.45, 2.75) is 5.16 Å². The maximum absolute atomic E-state index is 11.8. The van der Waals surface area contributed by atoms with Gasteiger partial charge in [-0.3, -0.25) is 9.36 Å². The minimum atomic E-state index is -0.176. The molecule has 1 aromatic carbocycles. The third-order valence-electron chi connectivity index (χ3n) is 3.06. The van der Waals surface area contributed by atoms with Crippen LogP contribution >= 0.6 is 12.6 Å². The molecule has 6 heteroatoms. The summed E-state index contributed by atoms with van der Waals surface area (Å²) < 4.78 is 1.37. The van der Waals surface area contributed by atoms with Crippen LogP contribution in [0.25, 0.3) is 22.8 Å². The molecule has 0 fully saturated rings. The second kappa shape index (κ2) is 5.49. The highest BCUT2D eigenvalue weighted by Gasteiger charge is 2.08. The molecule has 0 aliphatic rings. The van der Waals surface area contributed by atoms with Crippen LogP contribution in [0.1, 0.15) is 0 Å². The number of hydrogen-bond donors (Lipinski definition) is 1. The van der Waals surface area contributed by atoms with Gasteiger partial charge in [0.25, 0.3) is 5.56 Å². The lowest BCUT2D eigenvalue weighted by molar-refractivity contribution is 0.714. The minimum Gasteiger partial charge on any atom is -0.291 e. The smallest absolute Gasteiger partial charge is 0.254 e. The molecule has 0 unspecified atom stereocenters. The first-order valence-electron chi connectivity index (χ1n) is 6.31. The SMILES string of the molecule is Cn1c(S)nc(-c2ccnc(-c3ccccc3)n2)cc1=O. The summed E-state index contributed by atoms with van der Waals surface area (Å²) in [5, 5.41) is 0.345. The van der Waals surface area contributed by atoms with Gasteiger partial charge in [-0.25, -0.2) is 15.0 Å². The van der Waals surface area contributed by atoms with Crippen molar-refractivity contribution in [1.82, 2.24) is 19.5 Å². The minimum absolute atomic E-state index is 0.176. The Labute approximate surface area is 126 Å². The maximum Gasteiger partial charge on any atom is 0.254 e. The third-order valence-corrected chi connectivity index (χ3v) is 3.46. The van der Waals surface area contributed by atoms with Gasteiger partial charge in [-0.05, 0) is 6.07 Å². The zero-order chi connectivity index (χ0) is 14.8. The fourth-order valence-electron chi connectivity index (χ4n) is 1.89. The Hall–Kier alpha value is -2.47. The van der Waals surface area contributed by atoms with Crippen molar-refractivity contribution in [1.29, 1.82) is 0 Å². The highest BCUT2D eigenvalue weighted by molar-refractivity contribution is 7.80. The van der Waals surface area contributed by atoms with Crippen molar-refractivity contribution in [3.8, 4) is 22.8 Å². The van der Waals surface area contributed by atoms with Gasteiger partial charge in [-0.1, -0.05) is 30.3 Å². The Morgan fingerprint density at radius 2 is 1.81 bits per heavy atom. The molecule has 0 saturated carbocycles. The van der Waals surface area contributed by atoms with E-state index in [9.17, 15) is 4.79 Å². The van der Waals surface area contributed by atoms with E-state index in [1.807, 2.05) is 30.3 Å². The van der Waals surface area contributed by atoms with Crippen LogP contribution in [0.3, 0.4) is 0 Å². The fourth-order valence-corrected chi connectivity index (χ4v) is 2.09. The van der Waals surface area contributed by atoms with E-state index in [1.54, 1.807) is 19.3 Å². The van der Waals surface area contributed by atoms with E-state index in [-0.39, 0.29) is 5.56 Å². The first kappa shape index (κ1) is 13.5. The molecule has 0 N–H and O–H groups in total. The summed E-state index contributed by atoms with van der Waals surface area (Å²) in [5.41, 5.74) is 1.82. The lowest BCUT2D eigenvalue weighted by atomic mass is 10.2. The predicted molar refractivity (Wildman–Crippen MR) is 83.2 cm³/mol. The van der Waals surface area contributed by atoms with Gasteiger partial charge in [0.15, 0.2) is 11.0 Å². The Morgan fingerprint density at radius 3 is 2.52 bits per heavy atom. The molecule has 0 radical (unpaired) electrons. The van der Waals surface area contributed by atoms with Crippen molar-refractivity contribution in [3.05, 3.63) is 59.0 Å². The summed E-state index contributed by atoms with van der Waals surface area (Å²) >= 11 is 4.19. The largest absolute Gasteiger partial charge is 0.291 e. The van der Waals surface area contributed by atoms with E-state index in [4.69, 9.17) is 0 Å². The molecule has 0 saturated heterocycles. The van der Waals surface area contributed by atoms with E-state index in [2.05, 4.69) is 27.6 Å². The van der Waals surface area contributed by atoms with Crippen LogP contribution in [0.5, 0.6) is 0 Å². The van der Waals surface area contributed by atoms with Gasteiger partial charge in [-0.2, -0.15) is 0 Å². The van der Waals surface area contributed by atoms with Gasteiger partial charge < -0.3 is 0 Å². The summed E-state index contributed by atoms with van der Waals surface area (Å²) in [5.74, 6) is 0.594. The Balaban J connectivity index is 2.11. The average Bonchev–Trinajstić information content (AvgIpc) is 2.53. The first-order valence-corrected chi connectivity index (χ1v) is 6.76. The molecule has 104 valence electrons. The zero-order valence-corrected chi connectivity index (χ0v) is 12.2. The normalized spacial score (nSPS) is 10.6. The molecule has 5 nitrogen and oxygen atoms in total. The second-order valence-corrected chi connectivity index (χ2v) is 4.87. The van der Waals surface area contributed by atoms with Crippen LogP contribution in [0.2, 0.25) is 0 Å². The summed E-state index contributed by atoms with van der Waals surface area (Å²) in [6.07, 6.45) is 1.65. The predicted octanol–water partition coefficient (Wildman–Crippen LogP) is 2.19. The quantitative estimate of drug-likeness (QED) is 0.582. The number of rotatable bonds is 2. The number of nitrogens with zero attached hydrogens (tertiary/aromatic N) is 4. The van der Waals surface area contributed by atoms with Gasteiger partial charge in [0.05, 0.1) is 11.4 Å². The zero-order valence-electron chi connectivity index (χ0n) is 11.3. The van der Waals surface area contributed by atoms with E-state index in [0.29, 0.717) is 22.4 Å². The van der Waals surface area contributed by atoms with Crippen LogP contribution in [-0.4, -0.2) is 19.5 Å². The summed E-state index contributed by atoms with van der Waals surface area (Å²) in [6.45, 7) is 0.